The van der Waals surface area contributed by atoms with Gasteiger partial charge in [0.2, 0.25) is 0 Å². The first-order valence-corrected chi connectivity index (χ1v) is 4.30. The third kappa shape index (κ3) is 3.96. The maximum atomic E-state index is 12.2. The summed E-state index contributed by atoms with van der Waals surface area (Å²) in [6.45, 7) is 0. The van der Waals surface area contributed by atoms with Crippen LogP contribution >= 0.6 is 0 Å². The zero-order valence-corrected chi connectivity index (χ0v) is 7.97. The quantitative estimate of drug-likeness (QED) is 0.477. The van der Waals surface area contributed by atoms with E-state index in [0.29, 0.717) is 0 Å². The van der Waals surface area contributed by atoms with E-state index >= 15 is 0 Å². The molecule has 0 aromatic heterocycles. The molecular weight excluding hydrogens is 338 g/mol. The Morgan fingerprint density at radius 2 is 1.06 bits per heavy atom. The fourth-order valence-electron chi connectivity index (χ4n) is 0.512. The van der Waals surface area contributed by atoms with Crippen LogP contribution in [0.25, 0.3) is 0 Å². The van der Waals surface area contributed by atoms with E-state index in [1.165, 1.54) is 0 Å². The zero-order chi connectivity index (χ0) is 14.3. The van der Waals surface area contributed by atoms with Crippen LogP contribution in [0.2, 0.25) is 0 Å². The Labute approximate surface area is 137 Å². The summed E-state index contributed by atoms with van der Waals surface area (Å²) in [7, 11) is -4.77. The van der Waals surface area contributed by atoms with E-state index in [1.54, 1.807) is 0 Å². The molecule has 0 saturated carbocycles. The normalized spacial score (nSPS) is 14.6. The van der Waals surface area contributed by atoms with Crippen molar-refractivity contribution in [1.29, 1.82) is 0 Å². The minimum absolute atomic E-state index is 0. The van der Waals surface area contributed by atoms with E-state index < -0.39 is 35.1 Å². The van der Waals surface area contributed by atoms with Gasteiger partial charge in [-0.15, -0.1) is 0 Å². The van der Waals surface area contributed by atoms with E-state index in [2.05, 4.69) is 4.18 Å². The van der Waals surface area contributed by atoms with Gasteiger partial charge in [-0.05, 0) is 0 Å². The molecule has 106 valence electrons. The van der Waals surface area contributed by atoms with Crippen molar-refractivity contribution in [3.8, 4) is 0 Å². The third-order valence-electron chi connectivity index (χ3n) is 1.31. The SMILES string of the molecule is O=[SH](=O)OC(F)(F)C(F)(F)C(F)(F)C(F)(F)F.[KH]. The van der Waals surface area contributed by atoms with E-state index in [-0.39, 0.29) is 51.4 Å². The molecular formula is C4H2F9KO3S. The van der Waals surface area contributed by atoms with E-state index in [4.69, 9.17) is 0 Å². The molecule has 0 aromatic rings. The summed E-state index contributed by atoms with van der Waals surface area (Å²) in [5.41, 5.74) is 0. The second kappa shape index (κ2) is 6.13. The molecule has 0 amide bonds. The van der Waals surface area contributed by atoms with E-state index in [0.717, 1.165) is 0 Å². The van der Waals surface area contributed by atoms with Crippen molar-refractivity contribution < 1.29 is 52.1 Å². The third-order valence-corrected chi connectivity index (χ3v) is 1.68. The number of thiol groups is 1. The molecule has 0 N–H and O–H groups in total. The molecule has 0 saturated heterocycles. The minimum atomic E-state index is -7.17. The second-order valence-corrected chi connectivity index (χ2v) is 3.11. The number of halogens is 9. The zero-order valence-electron chi connectivity index (χ0n) is 7.07. The molecule has 0 heterocycles. The molecule has 0 unspecified atom stereocenters. The first-order chi connectivity index (χ1) is 7.17. The molecule has 0 spiro atoms. The van der Waals surface area contributed by atoms with E-state index in [9.17, 15) is 47.9 Å². The fraction of sp³-hybridized carbons (Fsp3) is 1.00. The van der Waals surface area contributed by atoms with Gasteiger partial charge in [-0.2, -0.15) is 43.7 Å². The van der Waals surface area contributed by atoms with E-state index in [1.807, 2.05) is 0 Å². The topological polar surface area (TPSA) is 43.4 Å². The number of hydrogen-bond acceptors (Lipinski definition) is 3. The van der Waals surface area contributed by atoms with Crippen molar-refractivity contribution in [3.05, 3.63) is 0 Å². The summed E-state index contributed by atoms with van der Waals surface area (Å²) in [5.74, 6) is -14.3. The predicted octanol–water partition coefficient (Wildman–Crippen LogP) is 1.31. The first kappa shape index (κ1) is 21.2. The van der Waals surface area contributed by atoms with Crippen LogP contribution in [0.5, 0.6) is 0 Å². The van der Waals surface area contributed by atoms with Crippen LogP contribution in [-0.4, -0.2) is 83.9 Å². The molecule has 0 bridgehead atoms. The van der Waals surface area contributed by atoms with Crippen molar-refractivity contribution in [2.24, 2.45) is 0 Å². The Balaban J connectivity index is 0. The van der Waals surface area contributed by atoms with Gasteiger partial charge < -0.3 is 0 Å². The van der Waals surface area contributed by atoms with Crippen LogP contribution in [0, 0.1) is 0 Å². The average molecular weight is 340 g/mol. The Bertz CT molecular complexity index is 353. The Morgan fingerprint density at radius 1 is 0.722 bits per heavy atom. The maximum absolute atomic E-state index is 12.2. The van der Waals surface area contributed by atoms with Gasteiger partial charge in [-0.3, -0.25) is 0 Å². The van der Waals surface area contributed by atoms with Crippen LogP contribution in [-0.2, 0) is 15.2 Å². The van der Waals surface area contributed by atoms with Crippen LogP contribution in [0.3, 0.4) is 0 Å². The van der Waals surface area contributed by atoms with Crippen molar-refractivity contribution in [3.63, 3.8) is 0 Å². The van der Waals surface area contributed by atoms with Gasteiger partial charge in [-0.1, -0.05) is 0 Å². The summed E-state index contributed by atoms with van der Waals surface area (Å²) >= 11 is 0. The van der Waals surface area contributed by atoms with Gasteiger partial charge in [0.15, 0.2) is 0 Å². The van der Waals surface area contributed by atoms with Crippen molar-refractivity contribution >= 4 is 62.4 Å². The standard InChI is InChI=1S/C4HF9O3S.K.H/c5-1(6,3(9,10)11)2(7,8)4(12,13)16-17(14)15;;/h17H;;. The first-order valence-electron chi connectivity index (χ1n) is 3.20. The molecule has 0 aliphatic heterocycles. The second-order valence-electron chi connectivity index (χ2n) is 2.48. The van der Waals surface area contributed by atoms with Crippen LogP contribution < -0.4 is 0 Å². The van der Waals surface area contributed by atoms with Crippen LogP contribution in [0.1, 0.15) is 0 Å². The summed E-state index contributed by atoms with van der Waals surface area (Å²) < 4.78 is 128. The summed E-state index contributed by atoms with van der Waals surface area (Å²) in [5, 5.41) is 0. The molecule has 0 fully saturated rings. The van der Waals surface area contributed by atoms with Crippen molar-refractivity contribution in [2.75, 3.05) is 0 Å². The van der Waals surface area contributed by atoms with Gasteiger partial charge in [0.05, 0.1) is 0 Å². The summed E-state index contributed by atoms with van der Waals surface area (Å²) in [6, 6.07) is 0. The number of rotatable bonds is 4. The molecule has 0 rings (SSSR count). The van der Waals surface area contributed by atoms with Gasteiger partial charge in [0.25, 0.3) is 11.0 Å². The molecule has 0 aromatic carbocycles. The average Bonchev–Trinajstić information content (AvgIpc) is 1.98. The van der Waals surface area contributed by atoms with Gasteiger partial charge in [0, 0.05) is 0 Å². The molecule has 0 aliphatic rings. The Morgan fingerprint density at radius 3 is 1.28 bits per heavy atom. The summed E-state index contributed by atoms with van der Waals surface area (Å²) in [4.78, 5) is 0. The van der Waals surface area contributed by atoms with Crippen LogP contribution in [0.15, 0.2) is 0 Å². The van der Waals surface area contributed by atoms with Crippen molar-refractivity contribution in [1.82, 2.24) is 0 Å². The molecule has 18 heavy (non-hydrogen) atoms. The molecule has 0 atom stereocenters. The molecule has 0 aliphatic carbocycles. The fourth-order valence-corrected chi connectivity index (χ4v) is 0.814. The Hall–Kier alpha value is 0.916. The Kier molecular flexibility index (Phi) is 7.23. The summed E-state index contributed by atoms with van der Waals surface area (Å²) in [6.07, 6.45) is -13.6. The predicted molar refractivity (Wildman–Crippen MR) is 39.4 cm³/mol. The van der Waals surface area contributed by atoms with Gasteiger partial charge in [-0.25, -0.2) is 8.42 Å². The van der Waals surface area contributed by atoms with Crippen LogP contribution in [0.4, 0.5) is 39.5 Å². The van der Waals surface area contributed by atoms with Crippen molar-refractivity contribution in [2.45, 2.75) is 24.1 Å². The molecule has 0 radical (unpaired) electrons. The number of alkyl halides is 9. The van der Waals surface area contributed by atoms with Gasteiger partial charge >= 0.3 is 75.5 Å². The monoisotopic (exact) mass is 340 g/mol. The van der Waals surface area contributed by atoms with Gasteiger partial charge in [0.1, 0.15) is 0 Å². The molecule has 14 heteroatoms. The molecule has 3 nitrogen and oxygen atoms in total. The number of hydrogen-bond donors (Lipinski definition) is 1.